The number of hydrogen-bond donors (Lipinski definition) is 0. The molecule has 0 aliphatic heterocycles. The topological polar surface area (TPSA) is 22.1 Å². The summed E-state index contributed by atoms with van der Waals surface area (Å²) < 4.78 is 4.99. The third kappa shape index (κ3) is 3.64. The van der Waals surface area contributed by atoms with Crippen LogP contribution in [-0.2, 0) is 10.2 Å². The quantitative estimate of drug-likeness (QED) is 0.565. The molecule has 110 valence electrons. The summed E-state index contributed by atoms with van der Waals surface area (Å²) in [4.78, 5) is 4.13. The fourth-order valence-electron chi connectivity index (χ4n) is 2.14. The lowest BCUT2D eigenvalue weighted by molar-refractivity contribution is 0.341. The van der Waals surface area contributed by atoms with Crippen molar-refractivity contribution < 1.29 is 4.74 Å². The Labute approximate surface area is 131 Å². The number of methoxy groups -OCH3 is 1. The number of nitrogens with zero attached hydrogens (tertiary/aromatic N) is 1. The molecule has 0 fully saturated rings. The minimum Gasteiger partial charge on any atom is -0.504 e. The van der Waals surface area contributed by atoms with Crippen LogP contribution in [0.5, 0.6) is 0 Å². The summed E-state index contributed by atoms with van der Waals surface area (Å²) in [5, 5.41) is 0.473. The average Bonchev–Trinajstić information content (AvgIpc) is 2.45. The van der Waals surface area contributed by atoms with Gasteiger partial charge < -0.3 is 4.74 Å². The first-order valence-corrected chi connectivity index (χ1v) is 7.26. The molecule has 0 saturated heterocycles. The average molecular weight is 302 g/mol. The number of hydrogen-bond acceptors (Lipinski definition) is 2. The summed E-state index contributed by atoms with van der Waals surface area (Å²) in [6, 6.07) is 10.5. The van der Waals surface area contributed by atoms with Gasteiger partial charge in [0, 0.05) is 11.8 Å². The molecular weight excluding hydrogens is 282 g/mol. The monoisotopic (exact) mass is 301 g/mol. The molecule has 2 rings (SSSR count). The number of ether oxygens (including phenoxy) is 1. The number of benzene rings is 1. The molecule has 0 saturated carbocycles. The highest BCUT2D eigenvalue weighted by atomic mass is 35.5. The molecule has 0 radical (unpaired) electrons. The molecule has 1 aromatic heterocycles. The lowest BCUT2D eigenvalue weighted by Gasteiger charge is -2.19. The van der Waals surface area contributed by atoms with E-state index in [0.717, 1.165) is 16.7 Å². The van der Waals surface area contributed by atoms with E-state index >= 15 is 0 Å². The van der Waals surface area contributed by atoms with E-state index < -0.39 is 0 Å². The first-order chi connectivity index (χ1) is 9.93. The molecule has 0 spiro atoms. The summed E-state index contributed by atoms with van der Waals surface area (Å²) in [6.45, 7) is 6.62. The van der Waals surface area contributed by atoms with Gasteiger partial charge in [0.1, 0.15) is 5.15 Å². The van der Waals surface area contributed by atoms with Crippen molar-refractivity contribution in [1.82, 2.24) is 4.98 Å². The zero-order valence-corrected chi connectivity index (χ0v) is 13.6. The van der Waals surface area contributed by atoms with Gasteiger partial charge in [-0.2, -0.15) is 0 Å². The van der Waals surface area contributed by atoms with E-state index in [-0.39, 0.29) is 5.41 Å². The van der Waals surface area contributed by atoms with E-state index in [9.17, 15) is 0 Å². The van der Waals surface area contributed by atoms with Gasteiger partial charge in [0.05, 0.1) is 13.4 Å². The van der Waals surface area contributed by atoms with Gasteiger partial charge in [0.25, 0.3) is 0 Å². The Morgan fingerprint density at radius 3 is 2.33 bits per heavy atom. The Morgan fingerprint density at radius 2 is 1.76 bits per heavy atom. The Bertz CT molecular complexity index is 639. The predicted molar refractivity (Wildman–Crippen MR) is 89.4 cm³/mol. The predicted octanol–water partition coefficient (Wildman–Crippen LogP) is 5.32. The Hall–Kier alpha value is -1.80. The lowest BCUT2D eigenvalue weighted by Crippen LogP contribution is -2.10. The molecule has 0 N–H and O–H groups in total. The van der Waals surface area contributed by atoms with E-state index in [4.69, 9.17) is 16.3 Å². The summed E-state index contributed by atoms with van der Waals surface area (Å²) in [7, 11) is 1.61. The van der Waals surface area contributed by atoms with Gasteiger partial charge in [-0.3, -0.25) is 0 Å². The molecule has 2 aromatic rings. The fraction of sp³-hybridized carbons (Fsp3) is 0.278. The summed E-state index contributed by atoms with van der Waals surface area (Å²) in [5.74, 6) is 0. The minimum atomic E-state index is 0.146. The van der Waals surface area contributed by atoms with Crippen LogP contribution in [0.2, 0.25) is 5.15 Å². The second-order valence-corrected chi connectivity index (χ2v) is 6.29. The highest BCUT2D eigenvalue weighted by Crippen LogP contribution is 2.31. The first kappa shape index (κ1) is 15.6. The highest BCUT2D eigenvalue weighted by Gasteiger charge is 2.14. The molecule has 0 unspecified atom stereocenters. The van der Waals surface area contributed by atoms with Gasteiger partial charge in [0.15, 0.2) is 0 Å². The molecule has 0 aliphatic rings. The number of pyridine rings is 1. The van der Waals surface area contributed by atoms with Gasteiger partial charge in [-0.1, -0.05) is 56.6 Å². The van der Waals surface area contributed by atoms with Crippen molar-refractivity contribution in [3.8, 4) is 11.1 Å². The Morgan fingerprint density at radius 1 is 1.10 bits per heavy atom. The maximum atomic E-state index is 6.20. The maximum absolute atomic E-state index is 6.20. The van der Waals surface area contributed by atoms with Crippen molar-refractivity contribution in [2.45, 2.75) is 26.2 Å². The van der Waals surface area contributed by atoms with Crippen LogP contribution in [0.25, 0.3) is 17.2 Å². The smallest absolute Gasteiger partial charge is 0.136 e. The fourth-order valence-corrected chi connectivity index (χ4v) is 2.36. The van der Waals surface area contributed by atoms with Gasteiger partial charge >= 0.3 is 0 Å². The van der Waals surface area contributed by atoms with Crippen molar-refractivity contribution in [3.05, 3.63) is 59.1 Å². The van der Waals surface area contributed by atoms with E-state index in [0.29, 0.717) is 5.15 Å². The summed E-state index contributed by atoms with van der Waals surface area (Å²) in [5.41, 5.74) is 4.48. The van der Waals surface area contributed by atoms with E-state index in [1.807, 2.05) is 12.1 Å². The zero-order chi connectivity index (χ0) is 15.5. The number of halogens is 1. The van der Waals surface area contributed by atoms with Crippen LogP contribution in [0.15, 0.2) is 42.8 Å². The van der Waals surface area contributed by atoms with Crippen molar-refractivity contribution in [2.24, 2.45) is 0 Å². The third-order valence-electron chi connectivity index (χ3n) is 3.37. The molecule has 0 aliphatic carbocycles. The van der Waals surface area contributed by atoms with E-state index in [1.165, 1.54) is 5.56 Å². The van der Waals surface area contributed by atoms with Crippen molar-refractivity contribution in [1.29, 1.82) is 0 Å². The number of rotatable bonds is 3. The molecule has 1 aromatic carbocycles. The Balaban J connectivity index is 2.47. The molecule has 1 heterocycles. The normalized spacial score (nSPS) is 11.9. The molecule has 0 atom stereocenters. The standard InChI is InChI=1S/C18H20ClNO/c1-18(2,3)14-7-5-13(6-8-14)15-9-11-20-17(19)16(15)10-12-21-4/h5-12H,1-4H3. The van der Waals surface area contributed by atoms with E-state index in [2.05, 4.69) is 50.0 Å². The van der Waals surface area contributed by atoms with Gasteiger partial charge in [-0.05, 0) is 34.2 Å². The molecule has 21 heavy (non-hydrogen) atoms. The maximum Gasteiger partial charge on any atom is 0.136 e. The van der Waals surface area contributed by atoms with Crippen LogP contribution < -0.4 is 0 Å². The molecule has 2 nitrogen and oxygen atoms in total. The summed E-state index contributed by atoms with van der Waals surface area (Å²) >= 11 is 6.20. The third-order valence-corrected chi connectivity index (χ3v) is 3.68. The largest absolute Gasteiger partial charge is 0.504 e. The highest BCUT2D eigenvalue weighted by molar-refractivity contribution is 6.31. The molecule has 0 bridgehead atoms. The van der Waals surface area contributed by atoms with Crippen molar-refractivity contribution in [3.63, 3.8) is 0 Å². The van der Waals surface area contributed by atoms with Crippen molar-refractivity contribution >= 4 is 17.7 Å². The van der Waals surface area contributed by atoms with Gasteiger partial charge in [-0.15, -0.1) is 0 Å². The lowest BCUT2D eigenvalue weighted by atomic mass is 9.86. The second-order valence-electron chi connectivity index (χ2n) is 5.93. The van der Waals surface area contributed by atoms with Gasteiger partial charge in [-0.25, -0.2) is 4.98 Å². The van der Waals surface area contributed by atoms with Crippen LogP contribution in [0.3, 0.4) is 0 Å². The molecular formula is C18H20ClNO. The van der Waals surface area contributed by atoms with Crippen LogP contribution in [-0.4, -0.2) is 12.1 Å². The number of aromatic nitrogens is 1. The van der Waals surface area contributed by atoms with Crippen LogP contribution in [0.1, 0.15) is 31.9 Å². The van der Waals surface area contributed by atoms with Crippen LogP contribution >= 0.6 is 11.6 Å². The molecule has 0 amide bonds. The first-order valence-electron chi connectivity index (χ1n) is 6.88. The Kier molecular flexibility index (Phi) is 4.69. The van der Waals surface area contributed by atoms with Crippen molar-refractivity contribution in [2.75, 3.05) is 7.11 Å². The van der Waals surface area contributed by atoms with Crippen LogP contribution in [0.4, 0.5) is 0 Å². The van der Waals surface area contributed by atoms with Gasteiger partial charge in [0.2, 0.25) is 0 Å². The summed E-state index contributed by atoms with van der Waals surface area (Å²) in [6.07, 6.45) is 5.16. The van der Waals surface area contributed by atoms with Crippen LogP contribution in [0, 0.1) is 0 Å². The van der Waals surface area contributed by atoms with E-state index in [1.54, 1.807) is 19.6 Å². The molecule has 3 heteroatoms. The minimum absolute atomic E-state index is 0.146. The zero-order valence-electron chi connectivity index (χ0n) is 12.9. The SMILES string of the molecule is COC=Cc1c(-c2ccc(C(C)(C)C)cc2)ccnc1Cl. The second kappa shape index (κ2) is 6.31.